The van der Waals surface area contributed by atoms with E-state index < -0.39 is 0 Å². The van der Waals surface area contributed by atoms with Gasteiger partial charge in [0.15, 0.2) is 0 Å². The highest BCUT2D eigenvalue weighted by Crippen LogP contribution is 2.31. The Morgan fingerprint density at radius 2 is 2.05 bits per heavy atom. The van der Waals surface area contributed by atoms with Crippen molar-refractivity contribution in [2.45, 2.75) is 26.2 Å². The molecule has 5 nitrogen and oxygen atoms in total. The summed E-state index contributed by atoms with van der Waals surface area (Å²) in [6.45, 7) is 3.17. The predicted octanol–water partition coefficient (Wildman–Crippen LogP) is 2.26. The van der Waals surface area contributed by atoms with Gasteiger partial charge in [-0.1, -0.05) is 41.9 Å². The van der Waals surface area contributed by atoms with Crippen molar-refractivity contribution in [3.8, 4) is 0 Å². The van der Waals surface area contributed by atoms with Crippen LogP contribution in [0.15, 0.2) is 29.4 Å². The highest BCUT2D eigenvalue weighted by atomic mass is 35.5. The summed E-state index contributed by atoms with van der Waals surface area (Å²) in [6, 6.07) is 7.38. The molecule has 0 aliphatic carbocycles. The Bertz CT molecular complexity index is 552. The van der Waals surface area contributed by atoms with E-state index in [4.69, 9.17) is 22.5 Å². The van der Waals surface area contributed by atoms with E-state index in [-0.39, 0.29) is 17.2 Å². The number of carbonyl (C=O) groups excluding carboxylic acids is 1. The number of oxime groups is 1. The first-order chi connectivity index (χ1) is 9.96. The fourth-order valence-electron chi connectivity index (χ4n) is 2.54. The Hall–Kier alpha value is -1.75. The molecule has 0 aromatic heterocycles. The third-order valence-corrected chi connectivity index (χ3v) is 4.61. The third-order valence-electron chi connectivity index (χ3n) is 4.25. The quantitative estimate of drug-likeness (QED) is 0.389. The summed E-state index contributed by atoms with van der Waals surface area (Å²) >= 11 is 6.08. The van der Waals surface area contributed by atoms with Crippen LogP contribution in [0, 0.1) is 5.41 Å². The van der Waals surface area contributed by atoms with Crippen molar-refractivity contribution in [1.29, 1.82) is 0 Å². The molecule has 21 heavy (non-hydrogen) atoms. The van der Waals surface area contributed by atoms with E-state index >= 15 is 0 Å². The van der Waals surface area contributed by atoms with E-state index in [0.29, 0.717) is 37.4 Å². The number of rotatable bonds is 3. The van der Waals surface area contributed by atoms with E-state index in [1.807, 2.05) is 30.0 Å². The summed E-state index contributed by atoms with van der Waals surface area (Å²) in [5.41, 5.74) is 6.23. The topological polar surface area (TPSA) is 78.9 Å². The van der Waals surface area contributed by atoms with Gasteiger partial charge in [-0.3, -0.25) is 4.79 Å². The van der Waals surface area contributed by atoms with Crippen LogP contribution in [0.1, 0.15) is 25.3 Å². The van der Waals surface area contributed by atoms with Gasteiger partial charge >= 0.3 is 0 Å². The van der Waals surface area contributed by atoms with Gasteiger partial charge in [0.2, 0.25) is 5.91 Å². The first kappa shape index (κ1) is 15.6. The van der Waals surface area contributed by atoms with Crippen LogP contribution in [0.3, 0.4) is 0 Å². The van der Waals surface area contributed by atoms with Crippen molar-refractivity contribution in [3.05, 3.63) is 34.9 Å². The first-order valence-electron chi connectivity index (χ1n) is 6.95. The van der Waals surface area contributed by atoms with Gasteiger partial charge in [-0.25, -0.2) is 0 Å². The summed E-state index contributed by atoms with van der Waals surface area (Å²) in [4.78, 5) is 14.1. The lowest BCUT2D eigenvalue weighted by Gasteiger charge is -2.38. The zero-order chi connectivity index (χ0) is 15.5. The number of hydrogen-bond acceptors (Lipinski definition) is 3. The van der Waals surface area contributed by atoms with E-state index in [2.05, 4.69) is 5.16 Å². The number of piperidine rings is 1. The standard InChI is InChI=1S/C15H20ClN3O2/c1-15(14(17)18-21)6-8-19(9-7-15)13(20)10-11-4-2-3-5-12(11)16/h2-5,21H,6-10H2,1H3,(H2,17,18). The van der Waals surface area contributed by atoms with Crippen LogP contribution >= 0.6 is 11.6 Å². The van der Waals surface area contributed by atoms with Crippen molar-refractivity contribution in [2.75, 3.05) is 13.1 Å². The molecule has 1 aromatic carbocycles. The van der Waals surface area contributed by atoms with Crippen LogP contribution in [-0.2, 0) is 11.2 Å². The van der Waals surface area contributed by atoms with E-state index in [1.165, 1.54) is 0 Å². The number of hydrogen-bond donors (Lipinski definition) is 2. The molecule has 1 aliphatic heterocycles. The summed E-state index contributed by atoms with van der Waals surface area (Å²) in [5, 5.41) is 12.5. The molecule has 1 heterocycles. The van der Waals surface area contributed by atoms with Gasteiger partial charge in [0.1, 0.15) is 5.84 Å². The summed E-state index contributed by atoms with van der Waals surface area (Å²) in [7, 11) is 0. The number of amides is 1. The number of carbonyl (C=O) groups is 1. The minimum atomic E-state index is -0.337. The average Bonchev–Trinajstić information content (AvgIpc) is 2.49. The van der Waals surface area contributed by atoms with Crippen molar-refractivity contribution in [1.82, 2.24) is 4.90 Å². The monoisotopic (exact) mass is 309 g/mol. The Morgan fingerprint density at radius 3 is 2.62 bits per heavy atom. The number of benzene rings is 1. The Labute approximate surface area is 129 Å². The third kappa shape index (κ3) is 3.47. The molecule has 1 aliphatic rings. The maximum absolute atomic E-state index is 12.3. The Balaban J connectivity index is 1.97. The second-order valence-corrected chi connectivity index (χ2v) is 6.10. The Kier molecular flexibility index (Phi) is 4.73. The van der Waals surface area contributed by atoms with Crippen molar-refractivity contribution < 1.29 is 10.0 Å². The molecule has 0 saturated carbocycles. The van der Waals surface area contributed by atoms with Gasteiger partial charge in [-0.05, 0) is 24.5 Å². The van der Waals surface area contributed by atoms with Gasteiger partial charge in [0, 0.05) is 23.5 Å². The molecule has 114 valence electrons. The number of amidine groups is 1. The predicted molar refractivity (Wildman–Crippen MR) is 82.5 cm³/mol. The second kappa shape index (κ2) is 6.35. The molecule has 0 spiro atoms. The van der Waals surface area contributed by atoms with Crippen LogP contribution in [0.4, 0.5) is 0 Å². The number of likely N-dealkylation sites (tertiary alicyclic amines) is 1. The molecule has 0 unspecified atom stereocenters. The number of nitrogens with two attached hydrogens (primary N) is 1. The van der Waals surface area contributed by atoms with Crippen molar-refractivity contribution in [2.24, 2.45) is 16.3 Å². The SMILES string of the molecule is CC1(/C(N)=N/O)CCN(C(=O)Cc2ccccc2Cl)CC1. The molecule has 2 rings (SSSR count). The summed E-state index contributed by atoms with van der Waals surface area (Å²) in [6.07, 6.45) is 1.69. The summed E-state index contributed by atoms with van der Waals surface area (Å²) < 4.78 is 0. The molecule has 1 fully saturated rings. The van der Waals surface area contributed by atoms with Gasteiger partial charge in [0.05, 0.1) is 6.42 Å². The molecule has 0 bridgehead atoms. The van der Waals surface area contributed by atoms with Crippen molar-refractivity contribution >= 4 is 23.3 Å². The molecule has 3 N–H and O–H groups in total. The molecule has 0 atom stereocenters. The van der Waals surface area contributed by atoms with Crippen LogP contribution in [0.25, 0.3) is 0 Å². The van der Waals surface area contributed by atoms with Gasteiger partial charge in [-0.2, -0.15) is 0 Å². The van der Waals surface area contributed by atoms with E-state index in [9.17, 15) is 4.79 Å². The lowest BCUT2D eigenvalue weighted by atomic mass is 9.79. The lowest BCUT2D eigenvalue weighted by molar-refractivity contribution is -0.132. The largest absolute Gasteiger partial charge is 0.409 e. The molecule has 1 saturated heterocycles. The van der Waals surface area contributed by atoms with Crippen LogP contribution in [0.5, 0.6) is 0 Å². The van der Waals surface area contributed by atoms with Gasteiger partial charge in [0.25, 0.3) is 0 Å². The minimum Gasteiger partial charge on any atom is -0.409 e. The molecule has 1 aromatic rings. The molecule has 6 heteroatoms. The fraction of sp³-hybridized carbons (Fsp3) is 0.467. The normalized spacial score (nSPS) is 18.6. The zero-order valence-electron chi connectivity index (χ0n) is 12.1. The molecule has 0 radical (unpaired) electrons. The first-order valence-corrected chi connectivity index (χ1v) is 7.33. The number of halogens is 1. The summed E-state index contributed by atoms with van der Waals surface area (Å²) in [5.74, 6) is 0.297. The molecule has 1 amide bonds. The lowest BCUT2D eigenvalue weighted by Crippen LogP contribution is -2.47. The van der Waals surface area contributed by atoms with Gasteiger partial charge < -0.3 is 15.8 Å². The molecular formula is C15H20ClN3O2. The highest BCUT2D eigenvalue weighted by Gasteiger charge is 2.35. The van der Waals surface area contributed by atoms with Crippen LogP contribution in [-0.4, -0.2) is 34.9 Å². The number of nitrogens with zero attached hydrogens (tertiary/aromatic N) is 2. The maximum Gasteiger partial charge on any atom is 0.227 e. The average molecular weight is 310 g/mol. The smallest absolute Gasteiger partial charge is 0.227 e. The maximum atomic E-state index is 12.3. The van der Waals surface area contributed by atoms with E-state index in [0.717, 1.165) is 5.56 Å². The van der Waals surface area contributed by atoms with Crippen LogP contribution < -0.4 is 5.73 Å². The highest BCUT2D eigenvalue weighted by molar-refractivity contribution is 6.31. The van der Waals surface area contributed by atoms with Crippen molar-refractivity contribution in [3.63, 3.8) is 0 Å². The fourth-order valence-corrected chi connectivity index (χ4v) is 2.75. The van der Waals surface area contributed by atoms with E-state index in [1.54, 1.807) is 6.07 Å². The zero-order valence-corrected chi connectivity index (χ0v) is 12.8. The Morgan fingerprint density at radius 1 is 1.43 bits per heavy atom. The molecular weight excluding hydrogens is 290 g/mol. The van der Waals surface area contributed by atoms with Gasteiger partial charge in [-0.15, -0.1) is 0 Å². The van der Waals surface area contributed by atoms with Crippen LogP contribution in [0.2, 0.25) is 5.02 Å². The second-order valence-electron chi connectivity index (χ2n) is 5.69. The minimum absolute atomic E-state index is 0.0599.